The maximum absolute atomic E-state index is 13.2. The molecule has 3 aromatic rings. The Kier molecular flexibility index (Phi) is 5.75. The Labute approximate surface area is 174 Å². The van der Waals surface area contributed by atoms with Gasteiger partial charge in [0.2, 0.25) is 10.0 Å². The first-order chi connectivity index (χ1) is 14.1. The molecule has 2 aromatic heterocycles. The number of sulfonamides is 1. The highest BCUT2D eigenvalue weighted by Gasteiger charge is 2.32. The third kappa shape index (κ3) is 4.24. The first-order valence-corrected chi connectivity index (χ1v) is 11.7. The maximum Gasteiger partial charge on any atom is 0.262 e. The average Bonchev–Trinajstić information content (AvgIpc) is 3.25. The molecule has 150 valence electrons. The molecule has 1 aliphatic rings. The third-order valence-electron chi connectivity index (χ3n) is 4.94. The predicted octanol–water partition coefficient (Wildman–Crippen LogP) is 2.86. The summed E-state index contributed by atoms with van der Waals surface area (Å²) in [6.07, 6.45) is 2.96. The third-order valence-corrected chi connectivity index (χ3v) is 7.87. The summed E-state index contributed by atoms with van der Waals surface area (Å²) in [5, 5.41) is 4.46. The molecule has 0 unspecified atom stereocenters. The Hall–Kier alpha value is -2.55. The van der Waals surface area contributed by atoms with E-state index in [4.69, 9.17) is 0 Å². The highest BCUT2D eigenvalue weighted by molar-refractivity contribution is 7.89. The maximum atomic E-state index is 13.2. The fourth-order valence-corrected chi connectivity index (χ4v) is 6.15. The van der Waals surface area contributed by atoms with Crippen molar-refractivity contribution < 1.29 is 13.2 Å². The zero-order valence-corrected chi connectivity index (χ0v) is 17.4. The lowest BCUT2D eigenvalue weighted by Crippen LogP contribution is -2.37. The first-order valence-electron chi connectivity index (χ1n) is 9.38. The summed E-state index contributed by atoms with van der Waals surface area (Å²) in [6.45, 7) is 1.13. The molecule has 8 heteroatoms. The van der Waals surface area contributed by atoms with Crippen LogP contribution in [0, 0.1) is 0 Å². The van der Waals surface area contributed by atoms with Gasteiger partial charge in [-0.15, -0.1) is 11.3 Å². The second-order valence-electron chi connectivity index (χ2n) is 6.80. The van der Waals surface area contributed by atoms with Crippen molar-refractivity contribution in [1.82, 2.24) is 14.6 Å². The van der Waals surface area contributed by atoms with E-state index in [9.17, 15) is 13.2 Å². The van der Waals surface area contributed by atoms with Crippen molar-refractivity contribution >= 4 is 27.3 Å². The number of nitrogens with zero attached hydrogens (tertiary/aromatic N) is 2. The summed E-state index contributed by atoms with van der Waals surface area (Å²) >= 11 is 1.15. The van der Waals surface area contributed by atoms with Crippen LogP contribution in [0.15, 0.2) is 65.0 Å². The number of fused-ring (bicyclic) bond motifs is 1. The molecule has 1 aliphatic heterocycles. The largest absolute Gasteiger partial charge is 0.351 e. The van der Waals surface area contributed by atoms with Gasteiger partial charge in [-0.1, -0.05) is 30.3 Å². The predicted molar refractivity (Wildman–Crippen MR) is 112 cm³/mol. The zero-order valence-electron chi connectivity index (χ0n) is 15.7. The average molecular weight is 428 g/mol. The molecular formula is C21H21N3O3S2. The van der Waals surface area contributed by atoms with E-state index in [-0.39, 0.29) is 15.7 Å². The Bertz CT molecular complexity index is 1110. The van der Waals surface area contributed by atoms with Gasteiger partial charge < -0.3 is 5.32 Å². The number of rotatable bonds is 6. The molecule has 6 nitrogen and oxygen atoms in total. The van der Waals surface area contributed by atoms with Crippen molar-refractivity contribution in [2.75, 3.05) is 13.1 Å². The van der Waals surface area contributed by atoms with Gasteiger partial charge in [0.15, 0.2) is 0 Å². The van der Waals surface area contributed by atoms with Gasteiger partial charge >= 0.3 is 0 Å². The van der Waals surface area contributed by atoms with Crippen molar-refractivity contribution in [3.05, 3.63) is 81.8 Å². The second-order valence-corrected chi connectivity index (χ2v) is 9.62. The van der Waals surface area contributed by atoms with Gasteiger partial charge in [-0.25, -0.2) is 8.42 Å². The number of carbonyl (C=O) groups excluding carboxylic acids is 1. The highest BCUT2D eigenvalue weighted by Crippen LogP contribution is 2.29. The minimum atomic E-state index is -3.74. The van der Waals surface area contributed by atoms with Crippen molar-refractivity contribution in [2.45, 2.75) is 24.3 Å². The number of benzene rings is 1. The zero-order chi connectivity index (χ0) is 20.3. The fourth-order valence-electron chi connectivity index (χ4n) is 3.41. The van der Waals surface area contributed by atoms with E-state index < -0.39 is 10.0 Å². The lowest BCUT2D eigenvalue weighted by Gasteiger charge is -2.28. The van der Waals surface area contributed by atoms with Crippen molar-refractivity contribution in [3.8, 4) is 0 Å². The number of nitrogens with one attached hydrogen (secondary N) is 1. The lowest BCUT2D eigenvalue weighted by molar-refractivity contribution is 0.0955. The second kappa shape index (κ2) is 8.44. The van der Waals surface area contributed by atoms with Crippen molar-refractivity contribution in [3.63, 3.8) is 0 Å². The smallest absolute Gasteiger partial charge is 0.262 e. The molecule has 0 saturated carbocycles. The Morgan fingerprint density at radius 1 is 1.10 bits per heavy atom. The summed E-state index contributed by atoms with van der Waals surface area (Å²) in [5.74, 6) is -0.369. The van der Waals surface area contributed by atoms with Gasteiger partial charge in [-0.2, -0.15) is 4.31 Å². The van der Waals surface area contributed by atoms with Gasteiger partial charge in [-0.05, 0) is 41.1 Å². The van der Waals surface area contributed by atoms with Gasteiger partial charge in [0.25, 0.3) is 5.91 Å². The number of thiophene rings is 1. The van der Waals surface area contributed by atoms with Crippen LogP contribution in [0.5, 0.6) is 0 Å². The standard InChI is InChI=1S/C21H21N3O3S2/c25-21(23-12-8-18-7-3-4-11-22-18)20-19(10-14-28-20)29(26,27)24-13-9-16-5-1-2-6-17(16)15-24/h1-7,10-11,14H,8-9,12-13,15H2,(H,23,25). The molecule has 0 aliphatic carbocycles. The van der Waals surface area contributed by atoms with Crippen LogP contribution in [-0.4, -0.2) is 36.7 Å². The summed E-state index contributed by atoms with van der Waals surface area (Å²) in [6, 6.07) is 15.0. The number of carbonyl (C=O) groups is 1. The molecule has 0 saturated heterocycles. The minimum absolute atomic E-state index is 0.0808. The van der Waals surface area contributed by atoms with Crippen LogP contribution in [0.25, 0.3) is 0 Å². The van der Waals surface area contributed by atoms with Gasteiger partial charge in [0.1, 0.15) is 9.77 Å². The van der Waals surface area contributed by atoms with E-state index in [1.165, 1.54) is 15.9 Å². The van der Waals surface area contributed by atoms with E-state index in [1.807, 2.05) is 42.5 Å². The van der Waals surface area contributed by atoms with Crippen LogP contribution >= 0.6 is 11.3 Å². The summed E-state index contributed by atoms with van der Waals surface area (Å²) in [4.78, 5) is 17.2. The molecule has 1 aromatic carbocycles. The molecule has 0 atom stereocenters. The molecular weight excluding hydrogens is 406 g/mol. The SMILES string of the molecule is O=C(NCCc1ccccn1)c1sccc1S(=O)(=O)N1CCc2ccccc2C1. The summed E-state index contributed by atoms with van der Waals surface area (Å²) < 4.78 is 27.9. The highest BCUT2D eigenvalue weighted by atomic mass is 32.2. The van der Waals surface area contributed by atoms with Crippen LogP contribution in [-0.2, 0) is 29.4 Å². The molecule has 0 spiro atoms. The quantitative estimate of drug-likeness (QED) is 0.656. The van der Waals surface area contributed by atoms with Crippen LogP contribution in [0.2, 0.25) is 0 Å². The molecule has 4 rings (SSSR count). The topological polar surface area (TPSA) is 79.4 Å². The summed E-state index contributed by atoms with van der Waals surface area (Å²) in [5.41, 5.74) is 3.06. The number of amides is 1. The molecule has 29 heavy (non-hydrogen) atoms. The van der Waals surface area contributed by atoms with Gasteiger partial charge in [-0.3, -0.25) is 9.78 Å². The first kappa shape index (κ1) is 19.8. The Morgan fingerprint density at radius 3 is 2.69 bits per heavy atom. The lowest BCUT2D eigenvalue weighted by atomic mass is 10.0. The van der Waals surface area contributed by atoms with Crippen LogP contribution < -0.4 is 5.32 Å². The number of pyridine rings is 1. The van der Waals surface area contributed by atoms with E-state index in [0.29, 0.717) is 32.5 Å². The van der Waals surface area contributed by atoms with Crippen molar-refractivity contribution in [2.24, 2.45) is 0 Å². The Morgan fingerprint density at radius 2 is 1.90 bits per heavy atom. The number of aromatic nitrogens is 1. The van der Waals surface area contributed by atoms with Crippen LogP contribution in [0.3, 0.4) is 0 Å². The van der Waals surface area contributed by atoms with E-state index in [2.05, 4.69) is 10.3 Å². The minimum Gasteiger partial charge on any atom is -0.351 e. The number of hydrogen-bond acceptors (Lipinski definition) is 5. The number of hydrogen-bond donors (Lipinski definition) is 1. The summed E-state index contributed by atoms with van der Waals surface area (Å²) in [7, 11) is -3.74. The molecule has 1 N–H and O–H groups in total. The van der Waals surface area contributed by atoms with E-state index >= 15 is 0 Å². The van der Waals surface area contributed by atoms with Gasteiger partial charge in [0.05, 0.1) is 0 Å². The molecule has 3 heterocycles. The van der Waals surface area contributed by atoms with E-state index in [1.54, 1.807) is 11.6 Å². The molecule has 0 fully saturated rings. The molecule has 0 bridgehead atoms. The van der Waals surface area contributed by atoms with Crippen molar-refractivity contribution in [1.29, 1.82) is 0 Å². The fraction of sp³-hybridized carbons (Fsp3) is 0.238. The van der Waals surface area contributed by atoms with Crippen LogP contribution in [0.4, 0.5) is 0 Å². The molecule has 1 amide bonds. The van der Waals surface area contributed by atoms with E-state index in [0.717, 1.165) is 22.6 Å². The van der Waals surface area contributed by atoms with Gasteiger partial charge in [0, 0.05) is 37.9 Å². The Balaban J connectivity index is 1.47. The molecule has 0 radical (unpaired) electrons. The van der Waals surface area contributed by atoms with Crippen LogP contribution in [0.1, 0.15) is 26.5 Å². The monoisotopic (exact) mass is 427 g/mol. The normalized spacial score (nSPS) is 14.3.